The summed E-state index contributed by atoms with van der Waals surface area (Å²) in [4.78, 5) is 21.9. The minimum atomic E-state index is -0.231. The van der Waals surface area contributed by atoms with E-state index in [1.54, 1.807) is 37.6 Å². The number of rotatable bonds is 3. The second-order valence-corrected chi connectivity index (χ2v) is 7.21. The van der Waals surface area contributed by atoms with E-state index in [1.807, 2.05) is 24.4 Å². The summed E-state index contributed by atoms with van der Waals surface area (Å²) in [6, 6.07) is 15.3. The highest BCUT2D eigenvalue weighted by Gasteiger charge is 2.18. The molecule has 7 nitrogen and oxygen atoms in total. The van der Waals surface area contributed by atoms with Gasteiger partial charge in [0.25, 0.3) is 0 Å². The van der Waals surface area contributed by atoms with Crippen molar-refractivity contribution in [2.24, 2.45) is 7.05 Å². The van der Waals surface area contributed by atoms with Crippen molar-refractivity contribution in [2.45, 2.75) is 6.42 Å². The molecule has 30 heavy (non-hydrogen) atoms. The molecule has 1 aliphatic heterocycles. The van der Waals surface area contributed by atoms with Crippen molar-refractivity contribution in [1.29, 1.82) is 5.26 Å². The number of nitrogens with zero attached hydrogens (tertiary/aromatic N) is 5. The number of hydrogen-bond donors (Lipinski definition) is 1. The zero-order valence-corrected chi connectivity index (χ0v) is 16.3. The maximum absolute atomic E-state index is 12.9. The zero-order chi connectivity index (χ0) is 20.7. The van der Waals surface area contributed by atoms with E-state index in [0.29, 0.717) is 22.6 Å². The molecule has 0 fully saturated rings. The number of aromatic nitrogens is 4. The van der Waals surface area contributed by atoms with E-state index in [-0.39, 0.29) is 5.69 Å². The van der Waals surface area contributed by atoms with Crippen molar-refractivity contribution in [1.82, 2.24) is 19.1 Å². The SMILES string of the molecule is Cn1cc(-c2cc(-c3cnc4c(c3)CCN4)ccn2)n(-c2ccccc2C#N)c1=O. The van der Waals surface area contributed by atoms with Crippen molar-refractivity contribution in [2.75, 3.05) is 11.9 Å². The summed E-state index contributed by atoms with van der Waals surface area (Å²) < 4.78 is 3.04. The summed E-state index contributed by atoms with van der Waals surface area (Å²) >= 11 is 0. The predicted octanol–water partition coefficient (Wildman–Crippen LogP) is 3.14. The van der Waals surface area contributed by atoms with Crippen LogP contribution in [0.5, 0.6) is 0 Å². The Hall–Kier alpha value is -4.18. The van der Waals surface area contributed by atoms with Crippen molar-refractivity contribution >= 4 is 5.82 Å². The molecule has 0 saturated heterocycles. The van der Waals surface area contributed by atoms with Gasteiger partial charge >= 0.3 is 5.69 Å². The second-order valence-electron chi connectivity index (χ2n) is 7.21. The molecule has 1 aromatic carbocycles. The van der Waals surface area contributed by atoms with Gasteiger partial charge in [-0.25, -0.2) is 9.78 Å². The van der Waals surface area contributed by atoms with Crippen LogP contribution in [0.4, 0.5) is 5.82 Å². The van der Waals surface area contributed by atoms with Gasteiger partial charge in [0.05, 0.1) is 22.6 Å². The number of hydrogen-bond acceptors (Lipinski definition) is 5. The first-order valence-electron chi connectivity index (χ1n) is 9.63. The highest BCUT2D eigenvalue weighted by atomic mass is 16.1. The molecule has 146 valence electrons. The van der Waals surface area contributed by atoms with E-state index in [0.717, 1.165) is 29.9 Å². The van der Waals surface area contributed by atoms with E-state index in [4.69, 9.17) is 0 Å². The lowest BCUT2D eigenvalue weighted by atomic mass is 10.0. The number of pyridine rings is 2. The fourth-order valence-corrected chi connectivity index (χ4v) is 3.82. The molecule has 1 aliphatic rings. The molecule has 4 aromatic rings. The molecule has 0 bridgehead atoms. The molecule has 0 aliphatic carbocycles. The van der Waals surface area contributed by atoms with E-state index in [2.05, 4.69) is 27.4 Å². The highest BCUT2D eigenvalue weighted by molar-refractivity contribution is 5.71. The summed E-state index contributed by atoms with van der Waals surface area (Å²) in [5.41, 5.74) is 5.19. The van der Waals surface area contributed by atoms with Crippen LogP contribution in [-0.4, -0.2) is 25.6 Å². The standard InChI is InChI=1S/C23H18N6O/c1-28-14-21(29(23(28)30)20-5-3-2-4-17(20)12-24)19-11-15(6-8-25-19)18-10-16-7-9-26-22(16)27-13-18/h2-6,8,10-11,13-14H,7,9H2,1H3,(H,26,27). The topological polar surface area (TPSA) is 88.5 Å². The van der Waals surface area contributed by atoms with E-state index < -0.39 is 0 Å². The van der Waals surface area contributed by atoms with Gasteiger partial charge in [-0.2, -0.15) is 5.26 Å². The molecule has 4 heterocycles. The largest absolute Gasteiger partial charge is 0.370 e. The second kappa shape index (κ2) is 7.01. The average molecular weight is 394 g/mol. The van der Waals surface area contributed by atoms with Crippen LogP contribution in [0.1, 0.15) is 11.1 Å². The monoisotopic (exact) mass is 394 g/mol. The van der Waals surface area contributed by atoms with Crippen molar-refractivity contribution in [3.8, 4) is 34.3 Å². The quantitative estimate of drug-likeness (QED) is 0.577. The van der Waals surface area contributed by atoms with Gasteiger partial charge in [0.2, 0.25) is 0 Å². The number of aryl methyl sites for hydroxylation is 1. The molecule has 5 rings (SSSR count). The molecule has 0 amide bonds. The highest BCUT2D eigenvalue weighted by Crippen LogP contribution is 2.29. The van der Waals surface area contributed by atoms with Crippen molar-refractivity contribution < 1.29 is 0 Å². The molecule has 1 N–H and O–H groups in total. The van der Waals surface area contributed by atoms with Crippen LogP contribution in [-0.2, 0) is 13.5 Å². The predicted molar refractivity (Wildman–Crippen MR) is 114 cm³/mol. The van der Waals surface area contributed by atoms with E-state index in [1.165, 1.54) is 14.7 Å². The first-order chi connectivity index (χ1) is 14.7. The maximum Gasteiger partial charge on any atom is 0.333 e. The number of benzene rings is 1. The number of para-hydroxylation sites is 1. The molecule has 7 heteroatoms. The third-order valence-electron chi connectivity index (χ3n) is 5.32. The fraction of sp³-hybridized carbons (Fsp3) is 0.130. The lowest BCUT2D eigenvalue weighted by molar-refractivity contribution is 0.823. The van der Waals surface area contributed by atoms with Gasteiger partial charge in [-0.1, -0.05) is 12.1 Å². The molecule has 0 spiro atoms. The van der Waals surface area contributed by atoms with Gasteiger partial charge in [0.1, 0.15) is 11.9 Å². The van der Waals surface area contributed by atoms with Crippen molar-refractivity contribution in [3.05, 3.63) is 82.7 Å². The maximum atomic E-state index is 12.9. The van der Waals surface area contributed by atoms with Gasteiger partial charge in [-0.15, -0.1) is 0 Å². The van der Waals surface area contributed by atoms with Crippen LogP contribution in [0.15, 0.2) is 65.8 Å². The van der Waals surface area contributed by atoms with Crippen LogP contribution in [0.3, 0.4) is 0 Å². The van der Waals surface area contributed by atoms with Gasteiger partial charge in [-0.3, -0.25) is 9.55 Å². The van der Waals surface area contributed by atoms with Crippen LogP contribution in [0.25, 0.3) is 28.2 Å². The summed E-state index contributed by atoms with van der Waals surface area (Å²) in [5.74, 6) is 0.943. The van der Waals surface area contributed by atoms with Crippen LogP contribution in [0.2, 0.25) is 0 Å². The van der Waals surface area contributed by atoms with E-state index >= 15 is 0 Å². The van der Waals surface area contributed by atoms with Gasteiger partial charge < -0.3 is 9.88 Å². The van der Waals surface area contributed by atoms with Gasteiger partial charge in [0, 0.05) is 37.7 Å². The van der Waals surface area contributed by atoms with E-state index in [9.17, 15) is 10.1 Å². The third-order valence-corrected chi connectivity index (χ3v) is 5.32. The number of fused-ring (bicyclic) bond motifs is 1. The minimum Gasteiger partial charge on any atom is -0.370 e. The molecule has 0 saturated carbocycles. The smallest absolute Gasteiger partial charge is 0.333 e. The number of nitrogens with one attached hydrogen (secondary N) is 1. The Morgan fingerprint density at radius 1 is 1.13 bits per heavy atom. The van der Waals surface area contributed by atoms with Crippen molar-refractivity contribution in [3.63, 3.8) is 0 Å². The summed E-state index contributed by atoms with van der Waals surface area (Å²) in [5, 5.41) is 12.8. The van der Waals surface area contributed by atoms with Gasteiger partial charge in [-0.05, 0) is 47.9 Å². The number of nitriles is 1. The zero-order valence-electron chi connectivity index (χ0n) is 16.3. The first-order valence-corrected chi connectivity index (χ1v) is 9.63. The molecular formula is C23H18N6O. The Bertz CT molecular complexity index is 1380. The van der Waals surface area contributed by atoms with Crippen LogP contribution < -0.4 is 11.0 Å². The summed E-state index contributed by atoms with van der Waals surface area (Å²) in [6.45, 7) is 0.905. The first kappa shape index (κ1) is 17.9. The van der Waals surface area contributed by atoms with Crippen LogP contribution in [0, 0.1) is 11.3 Å². The van der Waals surface area contributed by atoms with Gasteiger partial charge in [0.15, 0.2) is 0 Å². The Morgan fingerprint density at radius 3 is 2.87 bits per heavy atom. The lowest BCUT2D eigenvalue weighted by Crippen LogP contribution is -2.22. The summed E-state index contributed by atoms with van der Waals surface area (Å²) in [6.07, 6.45) is 6.28. The Balaban J connectivity index is 1.66. The fourth-order valence-electron chi connectivity index (χ4n) is 3.82. The number of anilines is 1. The number of imidazole rings is 1. The average Bonchev–Trinajstić information content (AvgIpc) is 3.37. The minimum absolute atomic E-state index is 0.231. The Kier molecular flexibility index (Phi) is 4.18. The molecule has 0 radical (unpaired) electrons. The lowest BCUT2D eigenvalue weighted by Gasteiger charge is -2.10. The third kappa shape index (κ3) is 2.86. The molecular weight excluding hydrogens is 376 g/mol. The molecule has 0 unspecified atom stereocenters. The summed E-state index contributed by atoms with van der Waals surface area (Å²) in [7, 11) is 1.69. The van der Waals surface area contributed by atoms with Crippen LogP contribution >= 0.6 is 0 Å². The Morgan fingerprint density at radius 2 is 2.00 bits per heavy atom. The molecule has 0 atom stereocenters. The normalized spacial score (nSPS) is 12.3. The molecule has 3 aromatic heterocycles. The Labute approximate surface area is 172 Å².